The fraction of sp³-hybridized carbons (Fsp3) is 0.197. The third-order valence-electron chi connectivity index (χ3n) is 13.0. The number of benzene rings is 8. The summed E-state index contributed by atoms with van der Waals surface area (Å²) in [7, 11) is -2.23. The maximum Gasteiger partial charge on any atom is 0.275 e. The number of carbonyl (C=O) groups is 2. The number of hydrogen-bond donors (Lipinski definition) is 7. The number of anilines is 1. The number of hydrogen-bond acceptors (Lipinski definition) is 10. The van der Waals surface area contributed by atoms with Crippen molar-refractivity contribution in [2.45, 2.75) is 79.1 Å². The van der Waals surface area contributed by atoms with Gasteiger partial charge in [0, 0.05) is 88.9 Å². The summed E-state index contributed by atoms with van der Waals surface area (Å²) < 4.78 is 15.5. The summed E-state index contributed by atoms with van der Waals surface area (Å²) in [6.45, 7) is 22.0. The molecular weight excluding hydrogens is 1190 g/mol. The van der Waals surface area contributed by atoms with Crippen LogP contribution in [0.3, 0.4) is 0 Å². The van der Waals surface area contributed by atoms with Crippen LogP contribution in [-0.4, -0.2) is 45.3 Å². The number of hydroxylamine groups is 2. The molecule has 8 N–H and O–H groups in total. The first-order valence-corrected chi connectivity index (χ1v) is 27.1. The van der Waals surface area contributed by atoms with Crippen molar-refractivity contribution in [3.8, 4) is 0 Å². The Bertz CT molecular complexity index is 3300. The fourth-order valence-corrected chi connectivity index (χ4v) is 8.04. The number of amides is 2. The molecule has 15 heteroatoms. The van der Waals surface area contributed by atoms with Gasteiger partial charge >= 0.3 is 0 Å². The molecule has 0 fully saturated rings. The molecule has 81 heavy (non-hydrogen) atoms. The summed E-state index contributed by atoms with van der Waals surface area (Å²) in [5.41, 5.74) is 19.5. The number of carbonyl (C=O) groups excluding carboxylic acids is 3. The standard InChI is InChI=1S/C17H20NO4P.C16H17NO3.C16H18O.C15H15N.C2H3O.2Y/c1-12-4-8-14(9-5-12)17(2,20)15-10-6-13(7-11-15)16(19)18-22-23(3)21;1-11-3-7-13(8-4-11)16(2,19)14-9-5-12(6-10-14)15(18)17-20;1-12-4-8-14(9-5-12)16(3,17)15-10-6-13(2)7-11-15;1-11-3-5-13(6-4-11)12(2)14-7-9-15(16)10-8-14;1-2-3;;/h4-11,20,23H,1-3H3,(H,18,19);3-10,19-20H,1-2H3,(H,17,18);4-11,17H,1-3H3;3-10H,1,16H2,2H3;1H3;;/q;;;;-1;;. The molecule has 0 saturated carbocycles. The van der Waals surface area contributed by atoms with Gasteiger partial charge in [0.25, 0.3) is 11.8 Å². The van der Waals surface area contributed by atoms with Crippen LogP contribution in [0.2, 0.25) is 0 Å². The Kier molecular flexibility index (Phi) is 29.8. The summed E-state index contributed by atoms with van der Waals surface area (Å²) in [5, 5.41) is 42.9. The van der Waals surface area contributed by atoms with Crippen LogP contribution in [0.25, 0.3) is 12.2 Å². The van der Waals surface area contributed by atoms with Gasteiger partial charge in [0.05, 0.1) is 0 Å². The Morgan fingerprint density at radius 3 is 1.04 bits per heavy atom. The number of aliphatic hydroxyl groups is 3. The summed E-state index contributed by atoms with van der Waals surface area (Å²) in [6, 6.07) is 60.5. The van der Waals surface area contributed by atoms with E-state index in [1.165, 1.54) is 47.4 Å². The van der Waals surface area contributed by atoms with Gasteiger partial charge in [-0.15, -0.1) is 0 Å². The smallest absolute Gasteiger partial charge is 0.275 e. The molecule has 12 nitrogen and oxygen atoms in total. The minimum absolute atomic E-state index is 0. The van der Waals surface area contributed by atoms with E-state index in [1.807, 2.05) is 168 Å². The van der Waals surface area contributed by atoms with Gasteiger partial charge in [0.1, 0.15) is 16.8 Å². The second-order valence-corrected chi connectivity index (χ2v) is 20.6. The predicted molar refractivity (Wildman–Crippen MR) is 318 cm³/mol. The average molecular weight is 1260 g/mol. The van der Waals surface area contributed by atoms with E-state index in [2.05, 4.69) is 35.7 Å². The Balaban J connectivity index is 0.000000363. The molecule has 0 bridgehead atoms. The minimum atomic E-state index is -2.23. The zero-order chi connectivity index (χ0) is 58.5. The summed E-state index contributed by atoms with van der Waals surface area (Å²) in [5.74, 6) is -1.06. The molecule has 0 saturated heterocycles. The topological polar surface area (TPSA) is 209 Å². The van der Waals surface area contributed by atoms with Crippen molar-refractivity contribution >= 4 is 44.0 Å². The molecule has 8 aromatic rings. The third kappa shape index (κ3) is 21.8. The number of aryl methyl sites for hydroxylation is 4. The van der Waals surface area contributed by atoms with Gasteiger partial charge in [0.15, 0.2) is 0 Å². The SMILES string of the molecule is C=c1ccc(=C(C)c2ccc(N)cc2)cc1.C[C-]=O.Cc1ccc(C(C)(O)c2ccc(C(=O)NO)cc2)cc1.Cc1ccc(C(C)(O)c2ccc(C(=O)NO[PH](C)=O)cc2)cc1.Cc1ccc(C(C)(O)c2ccc(C)cc2)cc1.[Y].[Y]. The fourth-order valence-electron chi connectivity index (χ4n) is 7.80. The van der Waals surface area contributed by atoms with Crippen molar-refractivity contribution in [2.24, 2.45) is 0 Å². The molecule has 418 valence electrons. The van der Waals surface area contributed by atoms with Gasteiger partial charge in [-0.05, 0) is 147 Å². The minimum Gasteiger partial charge on any atom is -0.542 e. The second-order valence-electron chi connectivity index (χ2n) is 19.4. The number of rotatable bonds is 11. The van der Waals surface area contributed by atoms with Gasteiger partial charge in [-0.25, -0.2) is 15.6 Å². The summed E-state index contributed by atoms with van der Waals surface area (Å²) in [6.07, 6.45) is 1.50. The van der Waals surface area contributed by atoms with Gasteiger partial charge in [-0.2, -0.15) is 6.92 Å². The molecule has 3 unspecified atom stereocenters. The first-order chi connectivity index (χ1) is 37.3. The summed E-state index contributed by atoms with van der Waals surface area (Å²) >= 11 is 0. The Morgan fingerprint density at radius 2 is 0.765 bits per heavy atom. The van der Waals surface area contributed by atoms with E-state index in [1.54, 1.807) is 67.9 Å². The molecule has 2 radical (unpaired) electrons. The summed E-state index contributed by atoms with van der Waals surface area (Å²) in [4.78, 5) is 31.7. The number of nitrogens with two attached hydrogens (primary N) is 1. The molecule has 0 aliphatic rings. The van der Waals surface area contributed by atoms with Crippen molar-refractivity contribution in [3.63, 3.8) is 0 Å². The van der Waals surface area contributed by atoms with Gasteiger partial charge in [-0.1, -0.05) is 187 Å². The zero-order valence-corrected chi connectivity index (χ0v) is 54.4. The van der Waals surface area contributed by atoms with Crippen molar-refractivity contribution in [1.29, 1.82) is 0 Å². The van der Waals surface area contributed by atoms with Crippen molar-refractivity contribution < 1.29 is 110 Å². The van der Waals surface area contributed by atoms with Crippen LogP contribution in [0.4, 0.5) is 5.69 Å². The van der Waals surface area contributed by atoms with Crippen LogP contribution >= 0.6 is 8.03 Å². The Labute approximate surface area is 528 Å². The predicted octanol–water partition coefficient (Wildman–Crippen LogP) is 11.0. The average Bonchev–Trinajstić information content (AvgIpc) is 3.43. The van der Waals surface area contributed by atoms with Crippen molar-refractivity contribution in [2.75, 3.05) is 12.4 Å². The van der Waals surface area contributed by atoms with Crippen LogP contribution in [-0.2, 0) is 96.2 Å². The van der Waals surface area contributed by atoms with E-state index in [4.69, 9.17) is 15.7 Å². The second kappa shape index (κ2) is 33.9. The zero-order valence-electron chi connectivity index (χ0n) is 47.7. The van der Waals surface area contributed by atoms with Crippen LogP contribution in [0.15, 0.2) is 194 Å². The molecule has 2 amide bonds. The molecule has 3 atom stereocenters. The van der Waals surface area contributed by atoms with Gasteiger partial charge in [-0.3, -0.25) is 25.6 Å². The maximum absolute atomic E-state index is 11.8. The van der Waals surface area contributed by atoms with Crippen LogP contribution < -0.4 is 27.1 Å². The first-order valence-electron chi connectivity index (χ1n) is 25.3. The van der Waals surface area contributed by atoms with E-state index >= 15 is 0 Å². The van der Waals surface area contributed by atoms with E-state index in [9.17, 15) is 29.5 Å². The molecule has 0 aliphatic carbocycles. The van der Waals surface area contributed by atoms with E-state index in [-0.39, 0.29) is 65.4 Å². The Hall–Kier alpha value is -5.85. The van der Waals surface area contributed by atoms with Crippen LogP contribution in [0.5, 0.6) is 0 Å². The monoisotopic (exact) mass is 1260 g/mol. The van der Waals surface area contributed by atoms with Gasteiger partial charge < -0.3 is 25.8 Å². The first kappa shape index (κ1) is 71.3. The van der Waals surface area contributed by atoms with E-state index in [0.717, 1.165) is 44.3 Å². The number of nitrogen functional groups attached to an aromatic ring is 1. The van der Waals surface area contributed by atoms with E-state index in [0.29, 0.717) is 22.3 Å². The molecule has 0 spiro atoms. The molecule has 0 aliphatic heterocycles. The maximum atomic E-state index is 11.8. The third-order valence-corrected chi connectivity index (χ3v) is 13.4. The molecule has 8 rings (SSSR count). The molecular formula is C66H73N3O9PY2-. The normalized spacial score (nSPS) is 12.1. The molecule has 0 aromatic heterocycles. The van der Waals surface area contributed by atoms with Crippen molar-refractivity contribution in [1.82, 2.24) is 11.0 Å². The number of nitrogens with one attached hydrogen (secondary N) is 2. The van der Waals surface area contributed by atoms with Gasteiger partial charge in [0.2, 0.25) is 8.03 Å². The quantitative estimate of drug-likeness (QED) is 0.0214. The van der Waals surface area contributed by atoms with Crippen molar-refractivity contribution in [3.05, 3.63) is 277 Å². The van der Waals surface area contributed by atoms with Crippen LogP contribution in [0.1, 0.15) is 117 Å². The molecule has 0 heterocycles. The molecule has 8 aromatic carbocycles. The largest absolute Gasteiger partial charge is 0.542 e. The Morgan fingerprint density at radius 1 is 0.506 bits per heavy atom. The van der Waals surface area contributed by atoms with Crippen LogP contribution in [0, 0.1) is 27.7 Å². The van der Waals surface area contributed by atoms with E-state index < -0.39 is 36.6 Å².